The fraction of sp³-hybridized carbons (Fsp3) is 0.323. The normalized spacial score (nSPS) is 16.4. The standard InChI is InChI=1S/C65H67IO2S/c1-10-11-12-13-14-25-38-65(66)55-39-45(61(2,3)43-26-17-15-18-27-43)34-36-49(55)50-37-35-46(40-56(50)65)62(4,5)53-41-57-59(51-32-23-21-30-47(51)53)60-52-33-24-22-31-48(52)54(42-58(60)69(57,67)68)64(8,9)63(6,7)44-28-19-16-20-29-44/h15-24,26-37,39-42H,10-14,25,38H2,1-9H3. The highest BCUT2D eigenvalue weighted by Gasteiger charge is 2.46. The van der Waals surface area contributed by atoms with Crippen molar-refractivity contribution in [1.82, 2.24) is 0 Å². The van der Waals surface area contributed by atoms with Gasteiger partial charge in [0.05, 0.1) is 13.2 Å². The number of unbranched alkanes of at least 4 members (excludes halogenated alkanes) is 5. The highest BCUT2D eigenvalue weighted by atomic mass is 127. The molecule has 0 saturated carbocycles. The van der Waals surface area contributed by atoms with E-state index >= 15 is 8.42 Å². The molecule has 10 rings (SSSR count). The molecule has 0 fully saturated rings. The number of alkyl halides is 1. The molecular weight excluding hydrogens is 972 g/mol. The van der Waals surface area contributed by atoms with Crippen molar-refractivity contribution in [2.45, 2.75) is 142 Å². The molecule has 0 saturated heterocycles. The van der Waals surface area contributed by atoms with Gasteiger partial charge >= 0.3 is 0 Å². The van der Waals surface area contributed by atoms with E-state index in [2.05, 4.69) is 230 Å². The Morgan fingerprint density at radius 3 is 1.41 bits per heavy atom. The second-order valence-electron chi connectivity index (χ2n) is 22.3. The first-order chi connectivity index (χ1) is 32.9. The van der Waals surface area contributed by atoms with Crippen LogP contribution in [0.2, 0.25) is 0 Å². The minimum Gasteiger partial charge on any atom is -0.218 e. The zero-order valence-electron chi connectivity index (χ0n) is 42.1. The summed E-state index contributed by atoms with van der Waals surface area (Å²) in [7, 11) is -3.93. The summed E-state index contributed by atoms with van der Waals surface area (Å²) in [5, 5.41) is 4.15. The van der Waals surface area contributed by atoms with Gasteiger partial charge in [-0.25, -0.2) is 8.42 Å². The zero-order valence-corrected chi connectivity index (χ0v) is 45.0. The second-order valence-corrected chi connectivity index (χ2v) is 26.0. The Balaban J connectivity index is 1.11. The maximum atomic E-state index is 15.5. The number of sulfone groups is 1. The van der Waals surface area contributed by atoms with Crippen LogP contribution in [0.3, 0.4) is 0 Å². The van der Waals surface area contributed by atoms with Crippen molar-refractivity contribution in [3.05, 3.63) is 202 Å². The van der Waals surface area contributed by atoms with Gasteiger partial charge in [-0.3, -0.25) is 0 Å². The van der Waals surface area contributed by atoms with E-state index in [0.29, 0.717) is 9.79 Å². The van der Waals surface area contributed by atoms with Gasteiger partial charge in [0.1, 0.15) is 0 Å². The number of hydrogen-bond donors (Lipinski definition) is 0. The summed E-state index contributed by atoms with van der Waals surface area (Å²) in [5.41, 5.74) is 12.8. The Morgan fingerprint density at radius 1 is 0.435 bits per heavy atom. The molecule has 2 nitrogen and oxygen atoms in total. The van der Waals surface area contributed by atoms with Crippen LogP contribution in [-0.2, 0) is 34.9 Å². The van der Waals surface area contributed by atoms with Crippen molar-refractivity contribution in [3.63, 3.8) is 0 Å². The molecule has 1 aliphatic carbocycles. The van der Waals surface area contributed by atoms with Crippen LogP contribution in [-0.4, -0.2) is 8.42 Å². The van der Waals surface area contributed by atoms with Crippen molar-refractivity contribution >= 4 is 54.0 Å². The Labute approximate surface area is 426 Å². The summed E-state index contributed by atoms with van der Waals surface area (Å²) in [5.74, 6) is 0. The van der Waals surface area contributed by atoms with Crippen LogP contribution >= 0.6 is 22.6 Å². The van der Waals surface area contributed by atoms with Gasteiger partial charge in [-0.05, 0) is 107 Å². The van der Waals surface area contributed by atoms with E-state index in [0.717, 1.165) is 56.6 Å². The van der Waals surface area contributed by atoms with Crippen LogP contribution in [0.5, 0.6) is 0 Å². The number of hydrogen-bond acceptors (Lipinski definition) is 2. The molecule has 1 atom stereocenters. The minimum atomic E-state index is -3.93. The van der Waals surface area contributed by atoms with Crippen LogP contribution in [0.4, 0.5) is 0 Å². The van der Waals surface area contributed by atoms with Crippen LogP contribution in [0.15, 0.2) is 168 Å². The van der Waals surface area contributed by atoms with Gasteiger partial charge < -0.3 is 0 Å². The summed E-state index contributed by atoms with van der Waals surface area (Å²) in [6, 6.07) is 57.1. The van der Waals surface area contributed by atoms with Crippen LogP contribution in [0.1, 0.15) is 152 Å². The molecule has 0 spiro atoms. The van der Waals surface area contributed by atoms with Crippen molar-refractivity contribution < 1.29 is 8.42 Å². The monoisotopic (exact) mass is 1040 g/mol. The first kappa shape index (κ1) is 47.6. The maximum Gasteiger partial charge on any atom is 0.207 e. The van der Waals surface area contributed by atoms with E-state index in [-0.39, 0.29) is 14.3 Å². The Hall–Kier alpha value is -5.04. The minimum absolute atomic E-state index is 0.159. The third-order valence-electron chi connectivity index (χ3n) is 17.2. The lowest BCUT2D eigenvalue weighted by Gasteiger charge is -2.43. The third-order valence-corrected chi connectivity index (χ3v) is 20.8. The van der Waals surface area contributed by atoms with Gasteiger partial charge in [-0.15, -0.1) is 0 Å². The Morgan fingerprint density at radius 2 is 0.870 bits per heavy atom. The summed E-state index contributed by atoms with van der Waals surface area (Å²) in [6.45, 7) is 20.7. The van der Waals surface area contributed by atoms with Crippen LogP contribution in [0.25, 0.3) is 43.8 Å². The van der Waals surface area contributed by atoms with E-state index in [1.807, 2.05) is 12.1 Å². The van der Waals surface area contributed by atoms with Gasteiger partial charge in [0, 0.05) is 22.0 Å². The topological polar surface area (TPSA) is 34.1 Å². The van der Waals surface area contributed by atoms with E-state index < -0.39 is 20.7 Å². The lowest BCUT2D eigenvalue weighted by atomic mass is 9.60. The van der Waals surface area contributed by atoms with E-state index in [9.17, 15) is 0 Å². The smallest absolute Gasteiger partial charge is 0.207 e. The van der Waals surface area contributed by atoms with Crippen molar-refractivity contribution in [2.24, 2.45) is 0 Å². The molecule has 0 bridgehead atoms. The zero-order chi connectivity index (χ0) is 48.7. The number of halogens is 1. The number of benzene rings is 8. The Bertz CT molecular complexity index is 3400. The quantitative estimate of drug-likeness (QED) is 0.0618. The van der Waals surface area contributed by atoms with Gasteiger partial charge in [0.25, 0.3) is 0 Å². The molecule has 0 aromatic heterocycles. The van der Waals surface area contributed by atoms with Gasteiger partial charge in [0.2, 0.25) is 9.84 Å². The van der Waals surface area contributed by atoms with Gasteiger partial charge in [-0.1, -0.05) is 269 Å². The predicted molar refractivity (Wildman–Crippen MR) is 300 cm³/mol. The molecule has 0 radical (unpaired) electrons. The van der Waals surface area contributed by atoms with Gasteiger partial charge in [0.15, 0.2) is 0 Å². The molecule has 0 N–H and O–H groups in total. The average Bonchev–Trinajstić information content (AvgIpc) is 3.74. The summed E-state index contributed by atoms with van der Waals surface area (Å²) < 4.78 is 30.8. The molecular formula is C65H67IO2S. The lowest BCUT2D eigenvalue weighted by molar-refractivity contribution is 0.305. The predicted octanol–water partition coefficient (Wildman–Crippen LogP) is 18.1. The lowest BCUT2D eigenvalue weighted by Crippen LogP contribution is -2.40. The average molecular weight is 1040 g/mol. The summed E-state index contributed by atoms with van der Waals surface area (Å²) in [6.07, 6.45) is 8.56. The summed E-state index contributed by atoms with van der Waals surface area (Å²) >= 11 is 2.82. The van der Waals surface area contributed by atoms with Crippen molar-refractivity contribution in [1.29, 1.82) is 0 Å². The molecule has 1 heterocycles. The molecule has 2 aliphatic rings. The van der Waals surface area contributed by atoms with Crippen LogP contribution < -0.4 is 0 Å². The molecule has 69 heavy (non-hydrogen) atoms. The van der Waals surface area contributed by atoms with Crippen molar-refractivity contribution in [3.8, 4) is 22.3 Å². The molecule has 0 amide bonds. The third kappa shape index (κ3) is 7.47. The number of fused-ring (bicyclic) bond motifs is 10. The summed E-state index contributed by atoms with van der Waals surface area (Å²) in [4.78, 5) is 0.827. The van der Waals surface area contributed by atoms with Crippen LogP contribution in [0, 0.1) is 0 Å². The fourth-order valence-corrected chi connectivity index (χ4v) is 15.1. The molecule has 8 aromatic carbocycles. The first-order valence-electron chi connectivity index (χ1n) is 25.3. The highest BCUT2D eigenvalue weighted by molar-refractivity contribution is 14.1. The molecule has 352 valence electrons. The molecule has 1 unspecified atom stereocenters. The number of rotatable bonds is 14. The van der Waals surface area contributed by atoms with E-state index in [1.165, 1.54) is 76.6 Å². The maximum absolute atomic E-state index is 15.5. The SMILES string of the molecule is CCCCCCCCC1(I)c2cc(C(C)(C)c3ccccc3)ccc2-c2ccc(C(C)(C)c3cc4c(c5ccccc35)-c3c(cc(C(C)(C)C(C)(C)c5ccccc5)c5ccccc35)S4(=O)=O)cc21. The van der Waals surface area contributed by atoms with Gasteiger partial charge in [-0.2, -0.15) is 0 Å². The first-order valence-corrected chi connectivity index (χ1v) is 27.9. The molecule has 1 aliphatic heterocycles. The second kappa shape index (κ2) is 17.4. The Kier molecular flexibility index (Phi) is 12.0. The van der Waals surface area contributed by atoms with Crippen molar-refractivity contribution in [2.75, 3.05) is 0 Å². The van der Waals surface area contributed by atoms with E-state index in [1.54, 1.807) is 0 Å². The molecule has 8 aromatic rings. The largest absolute Gasteiger partial charge is 0.218 e. The fourth-order valence-electron chi connectivity index (χ4n) is 12.1. The highest BCUT2D eigenvalue weighted by Crippen LogP contribution is 2.59. The van der Waals surface area contributed by atoms with E-state index in [4.69, 9.17) is 0 Å². The molecule has 4 heteroatoms.